The number of aromatic nitrogens is 1. The number of nitrogens with zero attached hydrogens (tertiary/aromatic N) is 3. The molecule has 0 saturated heterocycles. The summed E-state index contributed by atoms with van der Waals surface area (Å²) in [5.74, 6) is 0. The van der Waals surface area contributed by atoms with Crippen LogP contribution in [-0.2, 0) is 0 Å². The highest BCUT2D eigenvalue weighted by atomic mass is 16.3. The van der Waals surface area contributed by atoms with Crippen LogP contribution in [0.15, 0.2) is 229 Å². The molecule has 0 amide bonds. The molecule has 0 atom stereocenters. The third kappa shape index (κ3) is 5.78. The van der Waals surface area contributed by atoms with Crippen LogP contribution in [0.25, 0.3) is 60.6 Å². The molecule has 0 spiro atoms. The summed E-state index contributed by atoms with van der Waals surface area (Å²) in [6, 6.07) is 79.7. The fraction of sp³-hybridized carbons (Fsp3) is 0. The lowest BCUT2D eigenvalue weighted by molar-refractivity contribution is 0.669. The van der Waals surface area contributed by atoms with Crippen LogP contribution in [0.5, 0.6) is 0 Å². The Morgan fingerprint density at radius 1 is 0.293 bits per heavy atom. The van der Waals surface area contributed by atoms with Crippen molar-refractivity contribution in [3.05, 3.63) is 224 Å². The van der Waals surface area contributed by atoms with E-state index >= 15 is 0 Å². The van der Waals surface area contributed by atoms with E-state index in [4.69, 9.17) is 4.42 Å². The third-order valence-electron chi connectivity index (χ3n) is 11.1. The maximum atomic E-state index is 6.46. The van der Waals surface area contributed by atoms with Crippen LogP contribution >= 0.6 is 0 Å². The highest BCUT2D eigenvalue weighted by Crippen LogP contribution is 2.42. The number of furan rings is 1. The predicted molar refractivity (Wildman–Crippen MR) is 243 cm³/mol. The van der Waals surface area contributed by atoms with Crippen molar-refractivity contribution < 1.29 is 4.42 Å². The van der Waals surface area contributed by atoms with E-state index in [1.807, 2.05) is 12.1 Å². The molecular weight excluding hydrogens is 707 g/mol. The second-order valence-corrected chi connectivity index (χ2v) is 14.6. The fourth-order valence-corrected chi connectivity index (χ4v) is 8.45. The predicted octanol–water partition coefficient (Wildman–Crippen LogP) is 15.3. The maximum absolute atomic E-state index is 6.46. The summed E-state index contributed by atoms with van der Waals surface area (Å²) in [5.41, 5.74) is 14.1. The van der Waals surface area contributed by atoms with Gasteiger partial charge in [0.25, 0.3) is 0 Å². The number of hydrogen-bond donors (Lipinski definition) is 0. The van der Waals surface area contributed by atoms with Crippen LogP contribution in [0.1, 0.15) is 0 Å². The zero-order valence-electron chi connectivity index (χ0n) is 31.6. The molecule has 0 aliphatic heterocycles. The Morgan fingerprint density at radius 2 is 0.741 bits per heavy atom. The van der Waals surface area contributed by atoms with Crippen LogP contribution in [0, 0.1) is 0 Å². The van der Waals surface area contributed by atoms with E-state index < -0.39 is 0 Å². The molecular formula is C54H37N3O. The van der Waals surface area contributed by atoms with E-state index in [0.29, 0.717) is 0 Å². The van der Waals surface area contributed by atoms with Gasteiger partial charge in [-0.15, -0.1) is 0 Å². The smallest absolute Gasteiger partial charge is 0.136 e. The monoisotopic (exact) mass is 743 g/mol. The van der Waals surface area contributed by atoms with Crippen molar-refractivity contribution in [1.29, 1.82) is 0 Å². The number of benzene rings is 9. The molecule has 0 aliphatic carbocycles. The molecule has 0 unspecified atom stereocenters. The summed E-state index contributed by atoms with van der Waals surface area (Å²) >= 11 is 0. The first kappa shape index (κ1) is 33.5. The minimum atomic E-state index is 0.887. The van der Waals surface area contributed by atoms with Crippen LogP contribution in [-0.4, -0.2) is 4.57 Å². The van der Waals surface area contributed by atoms with E-state index in [9.17, 15) is 0 Å². The van der Waals surface area contributed by atoms with Gasteiger partial charge in [-0.25, -0.2) is 0 Å². The average Bonchev–Trinajstić information content (AvgIpc) is 3.82. The number of rotatable bonds is 8. The molecule has 9 aromatic carbocycles. The SMILES string of the molecule is c1ccc(N(c2ccccc2)c2ccc(-c3ccc(-n4c5ccc(N(c6ccccc6)c6ccccc6)cc5c5cc6oc7ccccc7c6cc54)cc3)cc2)cc1. The van der Waals surface area contributed by atoms with Crippen LogP contribution < -0.4 is 9.80 Å². The summed E-state index contributed by atoms with van der Waals surface area (Å²) in [7, 11) is 0. The molecule has 0 aliphatic rings. The zero-order chi connectivity index (χ0) is 38.4. The highest BCUT2D eigenvalue weighted by molar-refractivity contribution is 6.17. The molecule has 2 aromatic heterocycles. The molecule has 0 bridgehead atoms. The number of hydrogen-bond acceptors (Lipinski definition) is 3. The zero-order valence-corrected chi connectivity index (χ0v) is 31.6. The van der Waals surface area contributed by atoms with Crippen molar-refractivity contribution in [2.75, 3.05) is 9.80 Å². The summed E-state index contributed by atoms with van der Waals surface area (Å²) in [5, 5.41) is 4.53. The van der Waals surface area contributed by atoms with Crippen LogP contribution in [0.3, 0.4) is 0 Å². The van der Waals surface area contributed by atoms with Crippen molar-refractivity contribution in [3.63, 3.8) is 0 Å². The maximum Gasteiger partial charge on any atom is 0.136 e. The van der Waals surface area contributed by atoms with Gasteiger partial charge in [0.1, 0.15) is 11.2 Å². The van der Waals surface area contributed by atoms with Gasteiger partial charge in [0.2, 0.25) is 0 Å². The van der Waals surface area contributed by atoms with Gasteiger partial charge in [-0.1, -0.05) is 115 Å². The fourth-order valence-electron chi connectivity index (χ4n) is 8.45. The lowest BCUT2D eigenvalue weighted by Gasteiger charge is -2.25. The quantitative estimate of drug-likeness (QED) is 0.155. The number of anilines is 6. The van der Waals surface area contributed by atoms with Gasteiger partial charge >= 0.3 is 0 Å². The van der Waals surface area contributed by atoms with E-state index in [1.54, 1.807) is 0 Å². The van der Waals surface area contributed by atoms with Gasteiger partial charge in [0, 0.05) is 61.4 Å². The molecule has 0 radical (unpaired) electrons. The Morgan fingerprint density at radius 3 is 1.31 bits per heavy atom. The average molecular weight is 744 g/mol. The highest BCUT2D eigenvalue weighted by Gasteiger charge is 2.20. The molecule has 274 valence electrons. The van der Waals surface area contributed by atoms with Crippen molar-refractivity contribution >= 4 is 77.9 Å². The van der Waals surface area contributed by atoms with E-state index in [1.165, 1.54) is 0 Å². The van der Waals surface area contributed by atoms with Gasteiger partial charge in [0.05, 0.1) is 11.0 Å². The van der Waals surface area contributed by atoms with Crippen molar-refractivity contribution in [2.24, 2.45) is 0 Å². The number of fused-ring (bicyclic) bond motifs is 6. The topological polar surface area (TPSA) is 24.6 Å². The Labute approximate surface area is 336 Å². The summed E-state index contributed by atoms with van der Waals surface area (Å²) in [6.45, 7) is 0. The number of para-hydroxylation sites is 5. The first-order valence-electron chi connectivity index (χ1n) is 19.7. The molecule has 0 fully saturated rings. The van der Waals surface area contributed by atoms with Gasteiger partial charge in [0.15, 0.2) is 0 Å². The Balaban J connectivity index is 1.03. The lowest BCUT2D eigenvalue weighted by atomic mass is 10.0. The summed E-state index contributed by atoms with van der Waals surface area (Å²) in [6.07, 6.45) is 0. The van der Waals surface area contributed by atoms with Gasteiger partial charge in [-0.2, -0.15) is 0 Å². The van der Waals surface area contributed by atoms with E-state index in [-0.39, 0.29) is 0 Å². The van der Waals surface area contributed by atoms with Gasteiger partial charge < -0.3 is 18.8 Å². The molecule has 11 aromatic rings. The Bertz CT molecular complexity index is 3110. The molecule has 4 heteroatoms. The van der Waals surface area contributed by atoms with E-state index in [2.05, 4.69) is 227 Å². The molecule has 11 rings (SSSR count). The van der Waals surface area contributed by atoms with Crippen LogP contribution in [0.2, 0.25) is 0 Å². The van der Waals surface area contributed by atoms with Crippen molar-refractivity contribution in [1.82, 2.24) is 4.57 Å². The van der Waals surface area contributed by atoms with Crippen LogP contribution in [0.4, 0.5) is 34.1 Å². The second-order valence-electron chi connectivity index (χ2n) is 14.6. The summed E-state index contributed by atoms with van der Waals surface area (Å²) < 4.78 is 8.85. The standard InChI is InChI=1S/C54H37N3O/c1-5-15-40(16-6-1)55(41-17-7-2-8-18-41)44-29-25-38(26-30-44)39-27-31-45(32-28-39)57-51-34-33-46(56(42-19-9-3-10-20-42)43-21-11-4-12-22-43)35-48(51)49-37-54-50(36-52(49)57)47-23-13-14-24-53(47)58-54/h1-37H. The normalized spacial score (nSPS) is 11.4. The first-order valence-corrected chi connectivity index (χ1v) is 19.7. The molecule has 0 N–H and O–H groups in total. The van der Waals surface area contributed by atoms with Gasteiger partial charge in [-0.05, 0) is 120 Å². The molecule has 4 nitrogen and oxygen atoms in total. The van der Waals surface area contributed by atoms with Gasteiger partial charge in [-0.3, -0.25) is 0 Å². The molecule has 2 heterocycles. The lowest BCUT2D eigenvalue weighted by Crippen LogP contribution is -2.09. The van der Waals surface area contributed by atoms with Crippen molar-refractivity contribution in [3.8, 4) is 16.8 Å². The van der Waals surface area contributed by atoms with E-state index in [0.717, 1.165) is 94.7 Å². The Kier molecular flexibility index (Phi) is 8.11. The summed E-state index contributed by atoms with van der Waals surface area (Å²) in [4.78, 5) is 4.61. The van der Waals surface area contributed by atoms with Crippen molar-refractivity contribution in [2.45, 2.75) is 0 Å². The Hall–Kier alpha value is -7.82. The second kappa shape index (κ2) is 14.0. The minimum Gasteiger partial charge on any atom is -0.456 e. The molecule has 0 saturated carbocycles. The minimum absolute atomic E-state index is 0.887. The first-order chi connectivity index (χ1) is 28.8. The largest absolute Gasteiger partial charge is 0.456 e. The third-order valence-corrected chi connectivity index (χ3v) is 11.1. The molecule has 58 heavy (non-hydrogen) atoms.